The Bertz CT molecular complexity index is 1100. The summed E-state index contributed by atoms with van der Waals surface area (Å²) in [6.45, 7) is 1.00. The van der Waals surface area contributed by atoms with Gasteiger partial charge in [0.05, 0.1) is 6.61 Å². The monoisotopic (exact) mass is 417 g/mol. The van der Waals surface area contributed by atoms with E-state index in [1.165, 1.54) is 5.56 Å². The van der Waals surface area contributed by atoms with Crippen LogP contribution in [0.4, 0.5) is 0 Å². The molecule has 0 unspecified atom stereocenters. The third-order valence-electron chi connectivity index (χ3n) is 4.54. The lowest BCUT2D eigenvalue weighted by atomic mass is 10.1. The van der Waals surface area contributed by atoms with E-state index in [1.807, 2.05) is 24.4 Å². The van der Waals surface area contributed by atoms with Crippen LogP contribution >= 0.6 is 0 Å². The molecule has 4 rings (SSSR count). The minimum atomic E-state index is -0.250. The van der Waals surface area contributed by atoms with Gasteiger partial charge in [0.25, 0.3) is 6.47 Å². The maximum atomic E-state index is 8.36. The van der Waals surface area contributed by atoms with Crippen LogP contribution < -0.4 is 4.74 Å². The smallest absolute Gasteiger partial charge is 0.290 e. The molecule has 2 heterocycles. The van der Waals surface area contributed by atoms with E-state index in [2.05, 4.69) is 51.4 Å². The zero-order valence-electron chi connectivity index (χ0n) is 17.1. The molecule has 0 saturated carbocycles. The van der Waals surface area contributed by atoms with Crippen molar-refractivity contribution in [1.29, 1.82) is 0 Å². The van der Waals surface area contributed by atoms with Crippen LogP contribution in [0.15, 0.2) is 73.2 Å². The lowest BCUT2D eigenvalue weighted by Crippen LogP contribution is -1.97. The first-order chi connectivity index (χ1) is 15.2. The molecule has 0 saturated heterocycles. The van der Waals surface area contributed by atoms with E-state index in [-0.39, 0.29) is 6.47 Å². The molecular weight excluding hydrogens is 394 g/mol. The summed E-state index contributed by atoms with van der Waals surface area (Å²) >= 11 is 0. The summed E-state index contributed by atoms with van der Waals surface area (Å²) in [5.74, 6) is 0.863. The largest absolute Gasteiger partial charge is 0.489 e. The van der Waals surface area contributed by atoms with E-state index >= 15 is 0 Å². The van der Waals surface area contributed by atoms with Gasteiger partial charge in [0.15, 0.2) is 5.65 Å². The van der Waals surface area contributed by atoms with Crippen molar-refractivity contribution < 1.29 is 19.4 Å². The van der Waals surface area contributed by atoms with Crippen LogP contribution in [-0.4, -0.2) is 40.2 Å². The van der Waals surface area contributed by atoms with Gasteiger partial charge < -0.3 is 14.6 Å². The Morgan fingerprint density at radius 3 is 2.29 bits per heavy atom. The first-order valence-corrected chi connectivity index (χ1v) is 9.68. The average molecular weight is 417 g/mol. The summed E-state index contributed by atoms with van der Waals surface area (Å²) in [6.07, 6.45) is 6.07. The molecule has 0 bridgehead atoms. The Kier molecular flexibility index (Phi) is 8.02. The van der Waals surface area contributed by atoms with Gasteiger partial charge in [-0.15, -0.1) is 0 Å². The van der Waals surface area contributed by atoms with Gasteiger partial charge in [-0.25, -0.2) is 9.97 Å². The van der Waals surface area contributed by atoms with E-state index < -0.39 is 0 Å². The second-order valence-electron chi connectivity index (χ2n) is 6.60. The van der Waals surface area contributed by atoms with Crippen molar-refractivity contribution in [1.82, 2.24) is 15.0 Å². The average Bonchev–Trinajstić information content (AvgIpc) is 2.82. The number of pyridine rings is 1. The molecule has 0 aliphatic heterocycles. The highest BCUT2D eigenvalue weighted by Gasteiger charge is 2.03. The molecule has 0 aliphatic carbocycles. The molecule has 158 valence electrons. The Hall–Kier alpha value is -3.84. The van der Waals surface area contributed by atoms with Gasteiger partial charge in [-0.3, -0.25) is 9.78 Å². The van der Waals surface area contributed by atoms with Crippen molar-refractivity contribution in [3.05, 3.63) is 84.3 Å². The van der Waals surface area contributed by atoms with E-state index in [1.54, 1.807) is 19.5 Å². The van der Waals surface area contributed by atoms with Crippen molar-refractivity contribution in [2.75, 3.05) is 13.7 Å². The van der Waals surface area contributed by atoms with Crippen LogP contribution in [0.25, 0.3) is 22.3 Å². The highest BCUT2D eigenvalue weighted by molar-refractivity contribution is 5.77. The second kappa shape index (κ2) is 11.4. The van der Waals surface area contributed by atoms with Crippen LogP contribution in [0.2, 0.25) is 0 Å². The third-order valence-corrected chi connectivity index (χ3v) is 4.54. The lowest BCUT2D eigenvalue weighted by molar-refractivity contribution is -0.122. The quantitative estimate of drug-likeness (QED) is 0.451. The summed E-state index contributed by atoms with van der Waals surface area (Å²) in [5, 5.41) is 6.89. The predicted molar refractivity (Wildman–Crippen MR) is 118 cm³/mol. The molecule has 2 aromatic carbocycles. The Morgan fingerprint density at radius 1 is 0.903 bits per heavy atom. The predicted octanol–water partition coefficient (Wildman–Crippen LogP) is 4.16. The number of ether oxygens (including phenoxy) is 2. The van der Waals surface area contributed by atoms with Crippen molar-refractivity contribution in [3.8, 4) is 16.9 Å². The highest BCUT2D eigenvalue weighted by Crippen LogP contribution is 2.22. The third kappa shape index (κ3) is 6.32. The molecule has 0 radical (unpaired) electrons. The van der Waals surface area contributed by atoms with Crippen molar-refractivity contribution in [3.63, 3.8) is 0 Å². The van der Waals surface area contributed by atoms with Crippen LogP contribution in [-0.2, 0) is 22.6 Å². The fourth-order valence-corrected chi connectivity index (χ4v) is 2.95. The summed E-state index contributed by atoms with van der Waals surface area (Å²) in [6, 6.07) is 18.5. The van der Waals surface area contributed by atoms with Crippen molar-refractivity contribution >= 4 is 17.6 Å². The van der Waals surface area contributed by atoms with Gasteiger partial charge in [0, 0.05) is 31.3 Å². The lowest BCUT2D eigenvalue weighted by Gasteiger charge is -2.08. The number of carbonyl (C=O) groups is 1. The first-order valence-electron chi connectivity index (χ1n) is 9.68. The Balaban J connectivity index is 0.000000858. The molecule has 1 N–H and O–H groups in total. The fraction of sp³-hybridized carbons (Fsp3) is 0.167. The number of hydrogen-bond donors (Lipinski definition) is 1. The first kappa shape index (κ1) is 21.9. The molecule has 2 aromatic heterocycles. The SMILES string of the molecule is COCCc1ccc(OCc2ccc(-c3cnc4nccnc4c3)cc2)cc1.O=CO. The minimum absolute atomic E-state index is 0.250. The summed E-state index contributed by atoms with van der Waals surface area (Å²) in [5.41, 5.74) is 5.91. The normalized spacial score (nSPS) is 10.2. The number of hydrogen-bond acceptors (Lipinski definition) is 6. The molecule has 7 heteroatoms. The van der Waals surface area contributed by atoms with E-state index in [4.69, 9.17) is 19.4 Å². The number of methoxy groups -OCH3 is 1. The van der Waals surface area contributed by atoms with Gasteiger partial charge in [-0.05, 0) is 41.3 Å². The number of nitrogens with zero attached hydrogens (tertiary/aromatic N) is 3. The molecular formula is C24H23N3O4. The zero-order chi connectivity index (χ0) is 21.9. The van der Waals surface area contributed by atoms with E-state index in [9.17, 15) is 0 Å². The molecule has 0 fully saturated rings. The van der Waals surface area contributed by atoms with Gasteiger partial charge in [-0.2, -0.15) is 0 Å². The van der Waals surface area contributed by atoms with E-state index in [0.717, 1.165) is 41.0 Å². The van der Waals surface area contributed by atoms with Crippen LogP contribution in [0.3, 0.4) is 0 Å². The maximum absolute atomic E-state index is 8.36. The minimum Gasteiger partial charge on any atom is -0.489 e. The van der Waals surface area contributed by atoms with Crippen molar-refractivity contribution in [2.24, 2.45) is 0 Å². The van der Waals surface area contributed by atoms with Crippen LogP contribution in [0.5, 0.6) is 5.75 Å². The standard InChI is InChI=1S/C23H21N3O2.CH2O2/c1-27-13-10-17-4-8-21(9-5-17)28-16-18-2-6-19(7-3-18)20-14-22-23(26-15-20)25-12-11-24-22;2-1-3/h2-9,11-12,14-15H,10,13,16H2,1H3;1H,(H,2,3). The van der Waals surface area contributed by atoms with Gasteiger partial charge >= 0.3 is 0 Å². The van der Waals surface area contributed by atoms with Gasteiger partial charge in [0.1, 0.15) is 17.9 Å². The molecule has 0 aliphatic rings. The number of carboxylic acid groups (broad SMARTS) is 1. The summed E-state index contributed by atoms with van der Waals surface area (Å²) < 4.78 is 11.0. The number of aromatic nitrogens is 3. The Morgan fingerprint density at radius 2 is 1.58 bits per heavy atom. The van der Waals surface area contributed by atoms with Crippen LogP contribution in [0, 0.1) is 0 Å². The topological polar surface area (TPSA) is 94.4 Å². The molecule has 7 nitrogen and oxygen atoms in total. The highest BCUT2D eigenvalue weighted by atomic mass is 16.5. The second-order valence-corrected chi connectivity index (χ2v) is 6.60. The van der Waals surface area contributed by atoms with Gasteiger partial charge in [-0.1, -0.05) is 36.4 Å². The van der Waals surface area contributed by atoms with Crippen molar-refractivity contribution in [2.45, 2.75) is 13.0 Å². The summed E-state index contributed by atoms with van der Waals surface area (Å²) in [4.78, 5) is 21.3. The molecule has 0 spiro atoms. The van der Waals surface area contributed by atoms with Gasteiger partial charge in [0.2, 0.25) is 0 Å². The molecule has 31 heavy (non-hydrogen) atoms. The number of rotatable bonds is 7. The fourth-order valence-electron chi connectivity index (χ4n) is 2.95. The maximum Gasteiger partial charge on any atom is 0.290 e. The zero-order valence-corrected chi connectivity index (χ0v) is 17.1. The molecule has 0 atom stereocenters. The van der Waals surface area contributed by atoms with E-state index in [0.29, 0.717) is 12.3 Å². The number of benzene rings is 2. The molecule has 4 aromatic rings. The Labute approximate surface area is 180 Å². The summed E-state index contributed by atoms with van der Waals surface area (Å²) in [7, 11) is 1.72. The number of fused-ring (bicyclic) bond motifs is 1. The molecule has 0 amide bonds. The van der Waals surface area contributed by atoms with Crippen LogP contribution in [0.1, 0.15) is 11.1 Å².